The molecule has 1 unspecified atom stereocenters. The zero-order valence-electron chi connectivity index (χ0n) is 9.72. The van der Waals surface area contributed by atoms with Gasteiger partial charge in [0.1, 0.15) is 6.61 Å². The first kappa shape index (κ1) is 15.2. The van der Waals surface area contributed by atoms with Crippen LogP contribution in [0.4, 0.5) is 18.9 Å². The second kappa shape index (κ2) is 5.89. The number of hydrogen-bond donors (Lipinski definition) is 0. The van der Waals surface area contributed by atoms with E-state index in [4.69, 9.17) is 10.5 Å². The fraction of sp³-hybridized carbons (Fsp3) is 0.273. The van der Waals surface area contributed by atoms with Crippen LogP contribution in [0.5, 0.6) is 5.75 Å². The Bertz CT molecular complexity index is 602. The highest BCUT2D eigenvalue weighted by molar-refractivity contribution is 5.51. The Morgan fingerprint density at radius 1 is 1.40 bits per heavy atom. The van der Waals surface area contributed by atoms with E-state index in [0.717, 1.165) is 24.3 Å². The molecule has 0 heterocycles. The number of benzene rings is 1. The minimum Gasteiger partial charge on any atom is -0.485 e. The van der Waals surface area contributed by atoms with Gasteiger partial charge in [-0.05, 0) is 12.1 Å². The first-order valence-corrected chi connectivity index (χ1v) is 5.07. The van der Waals surface area contributed by atoms with Gasteiger partial charge >= 0.3 is 11.9 Å². The van der Waals surface area contributed by atoms with E-state index in [1.807, 2.05) is 0 Å². The summed E-state index contributed by atoms with van der Waals surface area (Å²) in [6, 6.07) is 5.73. The number of halogens is 3. The maximum atomic E-state index is 12.3. The van der Waals surface area contributed by atoms with Gasteiger partial charge in [-0.15, -0.1) is 0 Å². The first-order valence-electron chi connectivity index (χ1n) is 5.07. The third-order valence-corrected chi connectivity index (χ3v) is 2.24. The Labute approximate surface area is 110 Å². The Hall–Kier alpha value is -2.81. The highest BCUT2D eigenvalue weighted by Crippen LogP contribution is 2.31. The maximum absolute atomic E-state index is 12.3. The molecular weight excluding hydrogens is 279 g/mol. The van der Waals surface area contributed by atoms with Crippen molar-refractivity contribution in [3.63, 3.8) is 0 Å². The molecule has 0 N–H and O–H groups in total. The lowest BCUT2D eigenvalue weighted by molar-refractivity contribution is -0.386. The Balaban J connectivity index is 2.97. The van der Waals surface area contributed by atoms with Crippen LogP contribution in [0.25, 0.3) is 0 Å². The van der Waals surface area contributed by atoms with Gasteiger partial charge in [-0.25, -0.2) is 0 Å². The summed E-state index contributed by atoms with van der Waals surface area (Å²) < 4.78 is 41.6. The second-order valence-corrected chi connectivity index (χ2v) is 3.59. The molecular formula is C11H6F3N3O3. The highest BCUT2D eigenvalue weighted by Gasteiger charge is 2.40. The van der Waals surface area contributed by atoms with Gasteiger partial charge in [-0.1, -0.05) is 0 Å². The van der Waals surface area contributed by atoms with Gasteiger partial charge in [0.15, 0.2) is 11.7 Å². The lowest BCUT2D eigenvalue weighted by atomic mass is 10.2. The molecule has 0 aliphatic heterocycles. The molecule has 1 atom stereocenters. The molecule has 1 rings (SSSR count). The lowest BCUT2D eigenvalue weighted by Crippen LogP contribution is -2.27. The average molecular weight is 285 g/mol. The summed E-state index contributed by atoms with van der Waals surface area (Å²) in [5.41, 5.74) is -0.667. The van der Waals surface area contributed by atoms with Crippen LogP contribution in [0.2, 0.25) is 0 Å². The minimum atomic E-state index is -4.78. The standard InChI is InChI=1S/C11H6F3N3O3/c12-11(13,14)8(5-16)6-20-10-2-1-7(4-15)3-9(10)17(18)19/h1-3,8H,6H2. The number of ether oxygens (including phenoxy) is 1. The van der Waals surface area contributed by atoms with Gasteiger partial charge < -0.3 is 4.74 Å². The topological polar surface area (TPSA) is 99.9 Å². The van der Waals surface area contributed by atoms with Crippen LogP contribution in [0.3, 0.4) is 0 Å². The molecule has 0 aromatic heterocycles. The third-order valence-electron chi connectivity index (χ3n) is 2.24. The normalized spacial score (nSPS) is 12.1. The summed E-state index contributed by atoms with van der Waals surface area (Å²) in [4.78, 5) is 9.85. The van der Waals surface area contributed by atoms with E-state index in [0.29, 0.717) is 0 Å². The van der Waals surface area contributed by atoms with Crippen LogP contribution in [-0.2, 0) is 0 Å². The van der Waals surface area contributed by atoms with Crippen LogP contribution in [0, 0.1) is 38.7 Å². The average Bonchev–Trinajstić information content (AvgIpc) is 2.37. The van der Waals surface area contributed by atoms with Crippen molar-refractivity contribution < 1.29 is 22.8 Å². The van der Waals surface area contributed by atoms with Crippen LogP contribution < -0.4 is 4.74 Å². The number of rotatable bonds is 4. The summed E-state index contributed by atoms with van der Waals surface area (Å²) >= 11 is 0. The summed E-state index contributed by atoms with van der Waals surface area (Å²) in [6.45, 7) is -1.06. The fourth-order valence-electron chi connectivity index (χ4n) is 1.23. The Kier molecular flexibility index (Phi) is 4.49. The maximum Gasteiger partial charge on any atom is 0.407 e. The quantitative estimate of drug-likeness (QED) is 0.625. The monoisotopic (exact) mass is 285 g/mol. The Morgan fingerprint density at radius 2 is 2.05 bits per heavy atom. The van der Waals surface area contributed by atoms with Crippen molar-refractivity contribution in [3.05, 3.63) is 33.9 Å². The summed E-state index contributed by atoms with van der Waals surface area (Å²) in [5, 5.41) is 27.7. The van der Waals surface area contributed by atoms with Crippen LogP contribution in [0.1, 0.15) is 5.56 Å². The van der Waals surface area contributed by atoms with Crippen molar-refractivity contribution >= 4 is 5.69 Å². The molecule has 0 amide bonds. The summed E-state index contributed by atoms with van der Waals surface area (Å²) in [5.74, 6) is -2.82. The predicted molar refractivity (Wildman–Crippen MR) is 58.5 cm³/mol. The van der Waals surface area contributed by atoms with Crippen LogP contribution in [0.15, 0.2) is 18.2 Å². The van der Waals surface area contributed by atoms with Gasteiger partial charge in [0.2, 0.25) is 0 Å². The molecule has 0 aliphatic rings. The van der Waals surface area contributed by atoms with Gasteiger partial charge in [0.05, 0.1) is 22.6 Å². The van der Waals surface area contributed by atoms with Crippen molar-refractivity contribution in [2.45, 2.75) is 6.18 Å². The van der Waals surface area contributed by atoms with E-state index in [1.54, 1.807) is 6.07 Å². The van der Waals surface area contributed by atoms with Crippen LogP contribution >= 0.6 is 0 Å². The van der Waals surface area contributed by atoms with Gasteiger partial charge in [-0.2, -0.15) is 23.7 Å². The molecule has 0 saturated heterocycles. The number of hydrogen-bond acceptors (Lipinski definition) is 5. The number of alkyl halides is 3. The van der Waals surface area contributed by atoms with E-state index in [2.05, 4.69) is 4.74 Å². The molecule has 0 saturated carbocycles. The van der Waals surface area contributed by atoms with E-state index >= 15 is 0 Å². The molecule has 6 nitrogen and oxygen atoms in total. The molecule has 0 radical (unpaired) electrons. The van der Waals surface area contributed by atoms with E-state index in [1.165, 1.54) is 0 Å². The fourth-order valence-corrected chi connectivity index (χ4v) is 1.23. The number of nitrogens with zero attached hydrogens (tertiary/aromatic N) is 3. The summed E-state index contributed by atoms with van der Waals surface area (Å²) in [6.07, 6.45) is -4.78. The smallest absolute Gasteiger partial charge is 0.407 e. The van der Waals surface area contributed by atoms with E-state index < -0.39 is 35.1 Å². The molecule has 104 valence electrons. The van der Waals surface area contributed by atoms with Crippen molar-refractivity contribution in [3.8, 4) is 17.9 Å². The van der Waals surface area contributed by atoms with Crippen molar-refractivity contribution in [1.29, 1.82) is 10.5 Å². The second-order valence-electron chi connectivity index (χ2n) is 3.59. The largest absolute Gasteiger partial charge is 0.485 e. The zero-order valence-corrected chi connectivity index (χ0v) is 9.72. The number of nitro groups is 1. The molecule has 0 aliphatic carbocycles. The number of nitro benzene ring substituents is 1. The molecule has 0 fully saturated rings. The van der Waals surface area contributed by atoms with Gasteiger partial charge in [0, 0.05) is 6.07 Å². The van der Waals surface area contributed by atoms with Gasteiger partial charge in [-0.3, -0.25) is 10.1 Å². The first-order chi connectivity index (χ1) is 9.29. The van der Waals surface area contributed by atoms with Crippen molar-refractivity contribution in [1.82, 2.24) is 0 Å². The van der Waals surface area contributed by atoms with E-state index in [-0.39, 0.29) is 5.56 Å². The summed E-state index contributed by atoms with van der Waals surface area (Å²) in [7, 11) is 0. The molecule has 20 heavy (non-hydrogen) atoms. The lowest BCUT2D eigenvalue weighted by Gasteiger charge is -2.14. The van der Waals surface area contributed by atoms with Crippen molar-refractivity contribution in [2.75, 3.05) is 6.61 Å². The highest BCUT2D eigenvalue weighted by atomic mass is 19.4. The predicted octanol–water partition coefficient (Wildman–Crippen LogP) is 2.55. The molecule has 1 aromatic rings. The molecule has 0 bridgehead atoms. The molecule has 9 heteroatoms. The molecule has 0 spiro atoms. The number of nitriles is 2. The SMILES string of the molecule is N#Cc1ccc(OCC(C#N)C(F)(F)F)c([N+](=O)[O-])c1. The zero-order chi connectivity index (χ0) is 15.3. The van der Waals surface area contributed by atoms with Crippen LogP contribution in [-0.4, -0.2) is 17.7 Å². The van der Waals surface area contributed by atoms with Crippen molar-refractivity contribution in [2.24, 2.45) is 5.92 Å². The Morgan fingerprint density at radius 3 is 2.50 bits per heavy atom. The minimum absolute atomic E-state index is 0.0308. The van der Waals surface area contributed by atoms with E-state index in [9.17, 15) is 23.3 Å². The third kappa shape index (κ3) is 3.59. The molecule has 1 aromatic carbocycles. The van der Waals surface area contributed by atoms with Gasteiger partial charge in [0.25, 0.3) is 0 Å².